The van der Waals surface area contributed by atoms with E-state index in [1.54, 1.807) is 12.3 Å². The van der Waals surface area contributed by atoms with Gasteiger partial charge in [-0.05, 0) is 25.8 Å². The van der Waals surface area contributed by atoms with E-state index in [1.807, 2.05) is 11.5 Å². The maximum atomic E-state index is 12.1. The number of carbonyl (C=O) groups excluding carboxylic acids is 1. The van der Waals surface area contributed by atoms with Crippen LogP contribution in [0.4, 0.5) is 5.69 Å². The zero-order valence-corrected chi connectivity index (χ0v) is 11.3. The summed E-state index contributed by atoms with van der Waals surface area (Å²) in [6, 6.07) is 1.83. The van der Waals surface area contributed by atoms with Crippen molar-refractivity contribution in [3.05, 3.63) is 18.0 Å². The molecule has 1 aromatic rings. The third-order valence-electron chi connectivity index (χ3n) is 3.21. The fourth-order valence-corrected chi connectivity index (χ4v) is 3.48. The topological polar surface area (TPSA) is 77.1 Å². The smallest absolute Gasteiger partial charge is 0.268 e. The van der Waals surface area contributed by atoms with Gasteiger partial charge < -0.3 is 15.6 Å². The molecular formula is C12H19N3O2S. The first-order chi connectivity index (χ1) is 8.60. The molecule has 0 radical (unpaired) electrons. The lowest BCUT2D eigenvalue weighted by Gasteiger charge is -2.22. The Hall–Kier alpha value is -1.30. The molecular weight excluding hydrogens is 250 g/mol. The van der Waals surface area contributed by atoms with Crippen LogP contribution in [0.3, 0.4) is 0 Å². The predicted molar refractivity (Wildman–Crippen MR) is 72.9 cm³/mol. The van der Waals surface area contributed by atoms with Gasteiger partial charge in [0.15, 0.2) is 0 Å². The first-order valence-electron chi connectivity index (χ1n) is 6.21. The van der Waals surface area contributed by atoms with Gasteiger partial charge in [0, 0.05) is 41.1 Å². The molecule has 1 aliphatic heterocycles. The number of hydrogen-bond donors (Lipinski definition) is 2. The molecule has 0 bridgehead atoms. The molecule has 0 spiro atoms. The third kappa shape index (κ3) is 2.93. The largest absolute Gasteiger partial charge is 0.397 e. The number of nitrogens with one attached hydrogen (secondary N) is 1. The lowest BCUT2D eigenvalue weighted by molar-refractivity contribution is 0.0925. The molecule has 1 saturated heterocycles. The number of carbonyl (C=O) groups is 1. The van der Waals surface area contributed by atoms with E-state index in [4.69, 9.17) is 5.73 Å². The maximum Gasteiger partial charge on any atom is 0.268 e. The summed E-state index contributed by atoms with van der Waals surface area (Å²) in [5.41, 5.74) is 6.91. The van der Waals surface area contributed by atoms with Crippen LogP contribution in [0, 0.1) is 0 Å². The van der Waals surface area contributed by atoms with E-state index < -0.39 is 10.8 Å². The molecule has 5 nitrogen and oxygen atoms in total. The molecule has 6 heteroatoms. The fraction of sp³-hybridized carbons (Fsp3) is 0.583. The normalized spacial score (nSPS) is 23.8. The van der Waals surface area contributed by atoms with Crippen molar-refractivity contribution in [2.45, 2.75) is 32.4 Å². The Morgan fingerprint density at radius 3 is 2.83 bits per heavy atom. The number of aromatic nitrogens is 1. The molecule has 1 aromatic heterocycles. The molecule has 1 fully saturated rings. The van der Waals surface area contributed by atoms with E-state index in [0.29, 0.717) is 29.4 Å². The van der Waals surface area contributed by atoms with Gasteiger partial charge >= 0.3 is 0 Å². The van der Waals surface area contributed by atoms with Crippen LogP contribution < -0.4 is 11.1 Å². The van der Waals surface area contributed by atoms with Gasteiger partial charge in [0.05, 0.1) is 5.69 Å². The van der Waals surface area contributed by atoms with Crippen LogP contribution in [-0.4, -0.2) is 32.2 Å². The summed E-state index contributed by atoms with van der Waals surface area (Å²) in [5.74, 6) is 1.27. The summed E-state index contributed by atoms with van der Waals surface area (Å²) >= 11 is 0. The van der Waals surface area contributed by atoms with Crippen LogP contribution >= 0.6 is 0 Å². The van der Waals surface area contributed by atoms with Gasteiger partial charge in [-0.3, -0.25) is 9.00 Å². The fourth-order valence-electron chi connectivity index (χ4n) is 2.18. The van der Waals surface area contributed by atoms with Crippen molar-refractivity contribution in [2.24, 2.45) is 0 Å². The Kier molecular flexibility index (Phi) is 4.06. The van der Waals surface area contributed by atoms with Gasteiger partial charge in [0.2, 0.25) is 0 Å². The number of nitrogens with zero attached hydrogens (tertiary/aromatic N) is 1. The SMILES string of the molecule is CCn1cc(N)cc1C(=O)NC1CCS(=O)CC1. The van der Waals surface area contributed by atoms with Crippen LogP contribution in [0.15, 0.2) is 12.3 Å². The summed E-state index contributed by atoms with van der Waals surface area (Å²) in [5, 5.41) is 2.99. The van der Waals surface area contributed by atoms with Crippen molar-refractivity contribution in [3.8, 4) is 0 Å². The summed E-state index contributed by atoms with van der Waals surface area (Å²) < 4.78 is 13.1. The second-order valence-electron chi connectivity index (χ2n) is 4.54. The number of anilines is 1. The second-order valence-corrected chi connectivity index (χ2v) is 6.24. The average molecular weight is 269 g/mol. The Bertz CT molecular complexity index is 460. The second kappa shape index (κ2) is 5.56. The third-order valence-corrected chi connectivity index (χ3v) is 4.60. The molecule has 2 heterocycles. The number of aryl methyl sites for hydroxylation is 1. The van der Waals surface area contributed by atoms with Gasteiger partial charge in [-0.25, -0.2) is 0 Å². The summed E-state index contributed by atoms with van der Waals surface area (Å²) in [7, 11) is -0.699. The van der Waals surface area contributed by atoms with E-state index in [-0.39, 0.29) is 11.9 Å². The molecule has 100 valence electrons. The maximum absolute atomic E-state index is 12.1. The van der Waals surface area contributed by atoms with E-state index in [9.17, 15) is 9.00 Å². The standard InChI is InChI=1S/C12H19N3O2S/c1-2-15-8-9(13)7-11(15)12(16)14-10-3-5-18(17)6-4-10/h7-8,10H,2-6,13H2,1H3,(H,14,16). The highest BCUT2D eigenvalue weighted by Gasteiger charge is 2.21. The molecule has 0 atom stereocenters. The number of hydrogen-bond acceptors (Lipinski definition) is 3. The van der Waals surface area contributed by atoms with Crippen molar-refractivity contribution in [1.82, 2.24) is 9.88 Å². The number of amides is 1. The summed E-state index contributed by atoms with van der Waals surface area (Å²) in [4.78, 5) is 12.1. The van der Waals surface area contributed by atoms with Gasteiger partial charge in [-0.2, -0.15) is 0 Å². The van der Waals surface area contributed by atoms with Gasteiger partial charge in [0.1, 0.15) is 5.69 Å². The lowest BCUT2D eigenvalue weighted by atomic mass is 10.1. The Labute approximate surface area is 109 Å². The molecule has 0 unspecified atom stereocenters. The Morgan fingerprint density at radius 1 is 1.56 bits per heavy atom. The molecule has 1 aliphatic rings. The molecule has 0 aromatic carbocycles. The minimum Gasteiger partial charge on any atom is -0.397 e. The van der Waals surface area contributed by atoms with Crippen LogP contribution in [0.1, 0.15) is 30.3 Å². The van der Waals surface area contributed by atoms with Crippen LogP contribution in [0.5, 0.6) is 0 Å². The zero-order chi connectivity index (χ0) is 13.1. The number of rotatable bonds is 3. The molecule has 18 heavy (non-hydrogen) atoms. The minimum atomic E-state index is -0.699. The summed E-state index contributed by atoms with van der Waals surface area (Å²) in [6.45, 7) is 2.69. The van der Waals surface area contributed by atoms with E-state index in [0.717, 1.165) is 12.8 Å². The highest BCUT2D eigenvalue weighted by atomic mass is 32.2. The first-order valence-corrected chi connectivity index (χ1v) is 7.70. The zero-order valence-electron chi connectivity index (χ0n) is 10.5. The van der Waals surface area contributed by atoms with Gasteiger partial charge in [0.25, 0.3) is 5.91 Å². The van der Waals surface area contributed by atoms with Gasteiger partial charge in [-0.15, -0.1) is 0 Å². The van der Waals surface area contributed by atoms with Crippen LogP contribution in [0.2, 0.25) is 0 Å². The van der Waals surface area contributed by atoms with Gasteiger partial charge in [-0.1, -0.05) is 0 Å². The highest BCUT2D eigenvalue weighted by Crippen LogP contribution is 2.13. The molecule has 0 saturated carbocycles. The van der Waals surface area contributed by atoms with Crippen molar-refractivity contribution in [3.63, 3.8) is 0 Å². The first kappa shape index (κ1) is 13.1. The number of nitrogen functional groups attached to an aromatic ring is 1. The number of nitrogens with two attached hydrogens (primary N) is 1. The van der Waals surface area contributed by atoms with Crippen molar-refractivity contribution < 1.29 is 9.00 Å². The average Bonchev–Trinajstić information content (AvgIpc) is 2.73. The van der Waals surface area contributed by atoms with E-state index in [2.05, 4.69) is 5.32 Å². The quantitative estimate of drug-likeness (QED) is 0.849. The van der Waals surface area contributed by atoms with Crippen molar-refractivity contribution in [2.75, 3.05) is 17.2 Å². The molecule has 3 N–H and O–H groups in total. The van der Waals surface area contributed by atoms with Crippen LogP contribution in [0.25, 0.3) is 0 Å². The van der Waals surface area contributed by atoms with Crippen molar-refractivity contribution >= 4 is 22.4 Å². The summed E-state index contributed by atoms with van der Waals surface area (Å²) in [6.07, 6.45) is 3.35. The Morgan fingerprint density at radius 2 is 2.22 bits per heavy atom. The van der Waals surface area contributed by atoms with E-state index >= 15 is 0 Å². The lowest BCUT2D eigenvalue weighted by Crippen LogP contribution is -2.40. The molecule has 2 rings (SSSR count). The monoisotopic (exact) mass is 269 g/mol. The Balaban J connectivity index is 2.01. The molecule has 0 aliphatic carbocycles. The minimum absolute atomic E-state index is 0.0915. The highest BCUT2D eigenvalue weighted by molar-refractivity contribution is 7.85. The predicted octanol–water partition coefficient (Wildman–Crippen LogP) is 0.731. The van der Waals surface area contributed by atoms with E-state index in [1.165, 1.54) is 0 Å². The van der Waals surface area contributed by atoms with Crippen molar-refractivity contribution in [1.29, 1.82) is 0 Å². The van der Waals surface area contributed by atoms with Crippen LogP contribution in [-0.2, 0) is 17.3 Å². The molecule has 1 amide bonds.